The highest BCUT2D eigenvalue weighted by Gasteiger charge is 2.14. The lowest BCUT2D eigenvalue weighted by atomic mass is 10.1. The normalized spacial score (nSPS) is 12.4. The van der Waals surface area contributed by atoms with Crippen LogP contribution in [-0.4, -0.2) is 20.1 Å². The van der Waals surface area contributed by atoms with Crippen molar-refractivity contribution in [3.05, 3.63) is 50.6 Å². The van der Waals surface area contributed by atoms with Crippen molar-refractivity contribution in [3.63, 3.8) is 0 Å². The molecule has 0 saturated carbocycles. The van der Waals surface area contributed by atoms with Gasteiger partial charge >= 0.3 is 0 Å². The Morgan fingerprint density at radius 1 is 1.35 bits per heavy atom. The van der Waals surface area contributed by atoms with Gasteiger partial charge in [0.1, 0.15) is 0 Å². The molecule has 0 aliphatic heterocycles. The van der Waals surface area contributed by atoms with E-state index in [9.17, 15) is 0 Å². The quantitative estimate of drug-likeness (QED) is 0.833. The molecule has 0 saturated heterocycles. The lowest BCUT2D eigenvalue weighted by molar-refractivity contribution is 0.687. The first-order valence-corrected chi connectivity index (χ1v) is 8.47. The third-order valence-electron chi connectivity index (χ3n) is 3.51. The molecular weight excluding hydrogens is 332 g/mol. The van der Waals surface area contributed by atoms with Gasteiger partial charge in [-0.15, -0.1) is 11.3 Å². The zero-order valence-electron chi connectivity index (χ0n) is 12.2. The number of hydrogen-bond acceptors (Lipinski definition) is 3. The van der Waals surface area contributed by atoms with E-state index in [1.54, 1.807) is 0 Å². The van der Waals surface area contributed by atoms with Crippen LogP contribution in [-0.2, 0) is 13.0 Å². The Hall–Kier alpha value is -0.840. The van der Waals surface area contributed by atoms with Crippen LogP contribution in [0.25, 0.3) is 0 Å². The molecule has 0 aliphatic carbocycles. The van der Waals surface area contributed by atoms with Crippen molar-refractivity contribution < 1.29 is 0 Å². The Kier molecular flexibility index (Phi) is 5.64. The average Bonchev–Trinajstić information content (AvgIpc) is 2.91. The van der Waals surface area contributed by atoms with Gasteiger partial charge in [-0.2, -0.15) is 0 Å². The SMILES string of the molecule is CNCc1ccc(N(C)C(C)Cc2cccs2)c(Br)c1. The van der Waals surface area contributed by atoms with Gasteiger partial charge in [0.2, 0.25) is 0 Å². The fraction of sp³-hybridized carbons (Fsp3) is 0.375. The van der Waals surface area contributed by atoms with Gasteiger partial charge in [-0.05, 0) is 59.0 Å². The largest absolute Gasteiger partial charge is 0.371 e. The van der Waals surface area contributed by atoms with Gasteiger partial charge in [0.15, 0.2) is 0 Å². The molecule has 0 amide bonds. The maximum Gasteiger partial charge on any atom is 0.0510 e. The number of anilines is 1. The maximum absolute atomic E-state index is 3.70. The van der Waals surface area contributed by atoms with Crippen LogP contribution in [0.15, 0.2) is 40.2 Å². The molecule has 0 fully saturated rings. The number of nitrogens with zero attached hydrogens (tertiary/aromatic N) is 1. The van der Waals surface area contributed by atoms with Gasteiger partial charge in [-0.25, -0.2) is 0 Å². The Balaban J connectivity index is 2.09. The predicted octanol–water partition coefficient (Wildman–Crippen LogP) is 4.30. The molecule has 1 N–H and O–H groups in total. The molecule has 1 unspecified atom stereocenters. The van der Waals surface area contributed by atoms with Crippen molar-refractivity contribution in [1.82, 2.24) is 5.32 Å². The van der Waals surface area contributed by atoms with Gasteiger partial charge in [0, 0.05) is 35.4 Å². The van der Waals surface area contributed by atoms with Gasteiger partial charge in [-0.1, -0.05) is 12.1 Å². The minimum Gasteiger partial charge on any atom is -0.371 e. The fourth-order valence-corrected chi connectivity index (χ4v) is 3.78. The van der Waals surface area contributed by atoms with Crippen molar-refractivity contribution >= 4 is 33.0 Å². The van der Waals surface area contributed by atoms with Crippen molar-refractivity contribution in [2.24, 2.45) is 0 Å². The highest BCUT2D eigenvalue weighted by atomic mass is 79.9. The minimum absolute atomic E-state index is 0.472. The summed E-state index contributed by atoms with van der Waals surface area (Å²) in [6.45, 7) is 3.17. The molecule has 1 atom stereocenters. The summed E-state index contributed by atoms with van der Waals surface area (Å²) in [5.74, 6) is 0. The van der Waals surface area contributed by atoms with E-state index in [1.165, 1.54) is 16.1 Å². The smallest absolute Gasteiger partial charge is 0.0510 e. The summed E-state index contributed by atoms with van der Waals surface area (Å²) in [6.07, 6.45) is 1.08. The van der Waals surface area contributed by atoms with E-state index >= 15 is 0 Å². The highest BCUT2D eigenvalue weighted by molar-refractivity contribution is 9.10. The van der Waals surface area contributed by atoms with E-state index in [2.05, 4.69) is 75.8 Å². The molecule has 1 aromatic carbocycles. The van der Waals surface area contributed by atoms with Crippen LogP contribution >= 0.6 is 27.3 Å². The van der Waals surface area contributed by atoms with Crippen LogP contribution in [0.4, 0.5) is 5.69 Å². The lowest BCUT2D eigenvalue weighted by Crippen LogP contribution is -2.30. The highest BCUT2D eigenvalue weighted by Crippen LogP contribution is 2.29. The second kappa shape index (κ2) is 7.25. The molecule has 108 valence electrons. The van der Waals surface area contributed by atoms with Crippen LogP contribution < -0.4 is 10.2 Å². The van der Waals surface area contributed by atoms with Crippen LogP contribution in [0.5, 0.6) is 0 Å². The monoisotopic (exact) mass is 352 g/mol. The average molecular weight is 353 g/mol. The summed E-state index contributed by atoms with van der Waals surface area (Å²) in [4.78, 5) is 3.78. The topological polar surface area (TPSA) is 15.3 Å². The van der Waals surface area contributed by atoms with Gasteiger partial charge < -0.3 is 10.2 Å². The summed E-state index contributed by atoms with van der Waals surface area (Å²) >= 11 is 5.53. The Bertz CT molecular complexity index is 539. The van der Waals surface area contributed by atoms with E-state index in [0.29, 0.717) is 6.04 Å². The fourth-order valence-electron chi connectivity index (χ4n) is 2.24. The number of hydrogen-bond donors (Lipinski definition) is 1. The molecule has 0 spiro atoms. The first-order chi connectivity index (χ1) is 9.61. The van der Waals surface area contributed by atoms with E-state index in [0.717, 1.165) is 17.4 Å². The van der Waals surface area contributed by atoms with E-state index in [1.807, 2.05) is 18.4 Å². The molecular formula is C16H21BrN2S. The van der Waals surface area contributed by atoms with Crippen LogP contribution in [0.3, 0.4) is 0 Å². The van der Waals surface area contributed by atoms with E-state index < -0.39 is 0 Å². The molecule has 2 aromatic rings. The molecule has 4 heteroatoms. The number of rotatable bonds is 6. The number of benzene rings is 1. The zero-order chi connectivity index (χ0) is 14.5. The Labute approximate surface area is 133 Å². The van der Waals surface area contributed by atoms with Crippen molar-refractivity contribution in [1.29, 1.82) is 0 Å². The molecule has 20 heavy (non-hydrogen) atoms. The first kappa shape index (κ1) is 15.5. The molecule has 0 aliphatic rings. The van der Waals surface area contributed by atoms with Crippen molar-refractivity contribution in [2.45, 2.75) is 25.9 Å². The Morgan fingerprint density at radius 3 is 2.75 bits per heavy atom. The van der Waals surface area contributed by atoms with Gasteiger partial charge in [0.25, 0.3) is 0 Å². The second-order valence-corrected chi connectivity index (χ2v) is 6.95. The lowest BCUT2D eigenvalue weighted by Gasteiger charge is -2.28. The number of halogens is 1. The van der Waals surface area contributed by atoms with E-state index in [-0.39, 0.29) is 0 Å². The Morgan fingerprint density at radius 2 is 2.15 bits per heavy atom. The van der Waals surface area contributed by atoms with Crippen LogP contribution in [0, 0.1) is 0 Å². The van der Waals surface area contributed by atoms with Crippen LogP contribution in [0.2, 0.25) is 0 Å². The van der Waals surface area contributed by atoms with Crippen LogP contribution in [0.1, 0.15) is 17.4 Å². The van der Waals surface area contributed by atoms with Crippen molar-refractivity contribution in [2.75, 3.05) is 19.0 Å². The third kappa shape index (κ3) is 3.84. The summed E-state index contributed by atoms with van der Waals surface area (Å²) < 4.78 is 1.16. The number of thiophene rings is 1. The second-order valence-electron chi connectivity index (χ2n) is 5.06. The van der Waals surface area contributed by atoms with Gasteiger partial charge in [-0.3, -0.25) is 0 Å². The maximum atomic E-state index is 3.70. The first-order valence-electron chi connectivity index (χ1n) is 6.80. The van der Waals surface area contributed by atoms with Gasteiger partial charge in [0.05, 0.1) is 5.69 Å². The molecule has 0 bridgehead atoms. The summed E-state index contributed by atoms with van der Waals surface area (Å²) in [5.41, 5.74) is 2.54. The van der Waals surface area contributed by atoms with E-state index in [4.69, 9.17) is 0 Å². The zero-order valence-corrected chi connectivity index (χ0v) is 14.6. The summed E-state index contributed by atoms with van der Waals surface area (Å²) in [7, 11) is 4.13. The molecule has 1 heterocycles. The third-order valence-corrected chi connectivity index (χ3v) is 5.04. The number of nitrogens with one attached hydrogen (secondary N) is 1. The summed E-state index contributed by atoms with van der Waals surface area (Å²) in [5, 5.41) is 5.32. The van der Waals surface area contributed by atoms with Crippen molar-refractivity contribution in [3.8, 4) is 0 Å². The molecule has 1 aromatic heterocycles. The number of likely N-dealkylation sites (N-methyl/N-ethyl adjacent to an activating group) is 1. The standard InChI is InChI=1S/C16H21BrN2S/c1-12(9-14-5-4-8-20-14)19(3)16-7-6-13(11-18-2)10-15(16)17/h4-8,10,12,18H,9,11H2,1-3H3. The summed E-state index contributed by atoms with van der Waals surface area (Å²) in [6, 6.07) is 11.4. The molecule has 0 radical (unpaired) electrons. The molecule has 2 nitrogen and oxygen atoms in total. The predicted molar refractivity (Wildman–Crippen MR) is 92.8 cm³/mol. The molecule has 2 rings (SSSR count). The minimum atomic E-state index is 0.472.